The summed E-state index contributed by atoms with van der Waals surface area (Å²) in [6.45, 7) is 7.95. The van der Waals surface area contributed by atoms with Gasteiger partial charge in [-0.05, 0) is 39.3 Å². The number of unbranched alkanes of at least 4 members (excludes halogenated alkanes) is 3. The predicted octanol–water partition coefficient (Wildman–Crippen LogP) is 3.25. The molecule has 0 aromatic carbocycles. The number of imidazole rings is 1. The van der Waals surface area contributed by atoms with Crippen molar-refractivity contribution in [3.8, 4) is 0 Å². The number of nitrogens with zero attached hydrogens (tertiary/aromatic N) is 2. The summed E-state index contributed by atoms with van der Waals surface area (Å²) < 4.78 is 11.8. The van der Waals surface area contributed by atoms with E-state index in [2.05, 4.69) is 22.5 Å². The molecule has 0 bridgehead atoms. The third-order valence-electron chi connectivity index (χ3n) is 4.68. The molecule has 2 aromatic heterocycles. The minimum Gasteiger partial charge on any atom is -0.465 e. The largest absolute Gasteiger partial charge is 0.465 e. The van der Waals surface area contributed by atoms with Gasteiger partial charge in [-0.25, -0.2) is 14.6 Å². The van der Waals surface area contributed by atoms with Gasteiger partial charge in [-0.2, -0.15) is 0 Å². The molecule has 2 heterocycles. The Labute approximate surface area is 188 Å². The van der Waals surface area contributed by atoms with E-state index in [1.807, 2.05) is 0 Å². The van der Waals surface area contributed by atoms with Crippen LogP contribution in [0.1, 0.15) is 69.4 Å². The minimum atomic E-state index is -0.846. The van der Waals surface area contributed by atoms with Crippen molar-refractivity contribution in [2.24, 2.45) is 0 Å². The molecule has 2 N–H and O–H groups in total. The quantitative estimate of drug-likeness (QED) is 0.428. The monoisotopic (exact) mass is 446 g/mol. The van der Waals surface area contributed by atoms with Gasteiger partial charge >= 0.3 is 12.1 Å². The Balaban J connectivity index is 2.14. The summed E-state index contributed by atoms with van der Waals surface area (Å²) >= 11 is 0. The molecule has 0 radical (unpaired) electrons. The molecular formula is C23H34N4O5. The fourth-order valence-electron chi connectivity index (χ4n) is 3.13. The lowest BCUT2D eigenvalue weighted by molar-refractivity contribution is -0.123. The number of carbonyl (C=O) groups excluding carboxylic acids is 3. The van der Waals surface area contributed by atoms with Gasteiger partial charge < -0.3 is 24.5 Å². The van der Waals surface area contributed by atoms with Crippen LogP contribution in [-0.2, 0) is 20.7 Å². The molecule has 176 valence electrons. The summed E-state index contributed by atoms with van der Waals surface area (Å²) in [5.41, 5.74) is 0.831. The van der Waals surface area contributed by atoms with E-state index in [0.29, 0.717) is 23.4 Å². The number of esters is 1. The van der Waals surface area contributed by atoms with Crippen LogP contribution in [0.2, 0.25) is 0 Å². The molecule has 1 atom stereocenters. The summed E-state index contributed by atoms with van der Waals surface area (Å²) in [5, 5.41) is 5.55. The Kier molecular flexibility index (Phi) is 9.04. The summed E-state index contributed by atoms with van der Waals surface area (Å²) in [6.07, 6.45) is 7.11. The Bertz CT molecular complexity index is 932. The topological polar surface area (TPSA) is 111 Å². The van der Waals surface area contributed by atoms with E-state index in [9.17, 15) is 14.4 Å². The van der Waals surface area contributed by atoms with Crippen molar-refractivity contribution in [2.75, 3.05) is 13.7 Å². The first kappa shape index (κ1) is 25.2. The molecular weight excluding hydrogens is 412 g/mol. The van der Waals surface area contributed by atoms with Crippen LogP contribution in [-0.4, -0.2) is 52.7 Å². The van der Waals surface area contributed by atoms with Gasteiger partial charge in [0.25, 0.3) is 0 Å². The number of carbonyl (C=O) groups is 3. The Morgan fingerprint density at radius 3 is 2.59 bits per heavy atom. The predicted molar refractivity (Wildman–Crippen MR) is 121 cm³/mol. The number of hydrogen-bond donors (Lipinski definition) is 2. The zero-order valence-electron chi connectivity index (χ0n) is 19.6. The van der Waals surface area contributed by atoms with Crippen LogP contribution in [0, 0.1) is 0 Å². The highest BCUT2D eigenvalue weighted by Gasteiger charge is 2.25. The number of pyridine rings is 1. The lowest BCUT2D eigenvalue weighted by Crippen LogP contribution is -2.49. The van der Waals surface area contributed by atoms with Crippen molar-refractivity contribution in [3.05, 3.63) is 35.8 Å². The van der Waals surface area contributed by atoms with Crippen LogP contribution < -0.4 is 10.6 Å². The lowest BCUT2D eigenvalue weighted by Gasteiger charge is -2.23. The molecule has 32 heavy (non-hydrogen) atoms. The number of fused-ring (bicyclic) bond motifs is 1. The van der Waals surface area contributed by atoms with Crippen LogP contribution in [0.4, 0.5) is 4.79 Å². The van der Waals surface area contributed by atoms with Gasteiger partial charge in [-0.3, -0.25) is 4.79 Å². The van der Waals surface area contributed by atoms with Crippen LogP contribution >= 0.6 is 0 Å². The molecule has 0 spiro atoms. The number of rotatable bonds is 10. The van der Waals surface area contributed by atoms with Gasteiger partial charge in [0, 0.05) is 25.4 Å². The highest BCUT2D eigenvalue weighted by atomic mass is 16.6. The number of methoxy groups -OCH3 is 1. The van der Waals surface area contributed by atoms with Gasteiger partial charge in [-0.15, -0.1) is 0 Å². The summed E-state index contributed by atoms with van der Waals surface area (Å²) in [5.74, 6) is -0.747. The van der Waals surface area contributed by atoms with Crippen LogP contribution in [0.25, 0.3) is 5.65 Å². The maximum Gasteiger partial charge on any atom is 0.408 e. The van der Waals surface area contributed by atoms with Gasteiger partial charge in [0.15, 0.2) is 0 Å². The molecule has 0 saturated heterocycles. The summed E-state index contributed by atoms with van der Waals surface area (Å²) in [7, 11) is 1.32. The zero-order valence-corrected chi connectivity index (χ0v) is 19.6. The third-order valence-corrected chi connectivity index (χ3v) is 4.68. The van der Waals surface area contributed by atoms with Crippen LogP contribution in [0.3, 0.4) is 0 Å². The average Bonchev–Trinajstić information content (AvgIpc) is 3.12. The Hall–Kier alpha value is -3.10. The van der Waals surface area contributed by atoms with Crippen LogP contribution in [0.15, 0.2) is 24.5 Å². The Morgan fingerprint density at radius 1 is 1.19 bits per heavy atom. The van der Waals surface area contributed by atoms with E-state index < -0.39 is 23.7 Å². The van der Waals surface area contributed by atoms with Crippen LogP contribution in [0.5, 0.6) is 0 Å². The Morgan fingerprint density at radius 2 is 1.94 bits per heavy atom. The highest BCUT2D eigenvalue weighted by Crippen LogP contribution is 2.12. The number of nitrogens with one attached hydrogen (secondary N) is 2. The molecule has 2 rings (SSSR count). The number of amides is 2. The van der Waals surface area contributed by atoms with Crippen molar-refractivity contribution < 1.29 is 23.9 Å². The van der Waals surface area contributed by atoms with Crippen molar-refractivity contribution in [1.82, 2.24) is 20.0 Å². The van der Waals surface area contributed by atoms with Crippen molar-refractivity contribution in [3.63, 3.8) is 0 Å². The van der Waals surface area contributed by atoms with Gasteiger partial charge in [0.1, 0.15) is 17.3 Å². The molecule has 0 aliphatic carbocycles. The second-order valence-corrected chi connectivity index (χ2v) is 8.66. The van der Waals surface area contributed by atoms with Gasteiger partial charge in [0.2, 0.25) is 5.91 Å². The van der Waals surface area contributed by atoms with E-state index in [-0.39, 0.29) is 12.3 Å². The molecule has 0 fully saturated rings. The smallest absolute Gasteiger partial charge is 0.408 e. The lowest BCUT2D eigenvalue weighted by atomic mass is 10.1. The normalized spacial score (nSPS) is 12.3. The minimum absolute atomic E-state index is 0.176. The van der Waals surface area contributed by atoms with Gasteiger partial charge in [0.05, 0.1) is 18.4 Å². The first-order chi connectivity index (χ1) is 15.1. The number of ether oxygens (including phenoxy) is 2. The standard InChI is InChI=1S/C23H34N4O5/c1-6-7-8-9-11-24-20(28)18(26-22(30)32-23(2,3)4)14-17-15-27-12-10-16(21(29)31-5)13-19(27)25-17/h10,12-13,15,18H,6-9,11,14H2,1-5H3,(H,24,28)(H,26,30)/t18-/m0/s1. The third kappa shape index (κ3) is 7.86. The van der Waals surface area contributed by atoms with Crippen molar-refractivity contribution >= 4 is 23.6 Å². The maximum absolute atomic E-state index is 12.8. The van der Waals surface area contributed by atoms with E-state index in [0.717, 1.165) is 25.7 Å². The zero-order chi connectivity index (χ0) is 23.7. The molecule has 9 heteroatoms. The highest BCUT2D eigenvalue weighted by molar-refractivity contribution is 5.90. The number of hydrogen-bond acceptors (Lipinski definition) is 6. The van der Waals surface area contributed by atoms with Crippen molar-refractivity contribution in [2.45, 2.75) is 71.4 Å². The SMILES string of the molecule is CCCCCCNC(=O)[C@H](Cc1cn2ccc(C(=O)OC)cc2n1)NC(=O)OC(C)(C)C. The van der Waals surface area contributed by atoms with E-state index >= 15 is 0 Å². The summed E-state index contributed by atoms with van der Waals surface area (Å²) in [4.78, 5) is 41.4. The van der Waals surface area contributed by atoms with Crippen molar-refractivity contribution in [1.29, 1.82) is 0 Å². The van der Waals surface area contributed by atoms with E-state index in [1.54, 1.807) is 49.7 Å². The number of alkyl carbamates (subject to hydrolysis) is 1. The van der Waals surface area contributed by atoms with E-state index in [1.165, 1.54) is 7.11 Å². The first-order valence-corrected chi connectivity index (χ1v) is 11.0. The van der Waals surface area contributed by atoms with Gasteiger partial charge in [-0.1, -0.05) is 26.2 Å². The first-order valence-electron chi connectivity index (χ1n) is 11.0. The molecule has 0 saturated carbocycles. The second-order valence-electron chi connectivity index (χ2n) is 8.66. The molecule has 0 aliphatic rings. The average molecular weight is 447 g/mol. The fourth-order valence-corrected chi connectivity index (χ4v) is 3.13. The molecule has 0 aliphatic heterocycles. The molecule has 0 unspecified atom stereocenters. The number of aromatic nitrogens is 2. The van der Waals surface area contributed by atoms with E-state index in [4.69, 9.17) is 9.47 Å². The maximum atomic E-state index is 12.8. The molecule has 2 amide bonds. The second kappa shape index (κ2) is 11.5. The molecule has 9 nitrogen and oxygen atoms in total. The summed E-state index contributed by atoms with van der Waals surface area (Å²) in [6, 6.07) is 2.39. The fraction of sp³-hybridized carbons (Fsp3) is 0.565. The molecule has 2 aromatic rings.